The van der Waals surface area contributed by atoms with Crippen molar-refractivity contribution in [1.82, 2.24) is 10.2 Å². The van der Waals surface area contributed by atoms with Gasteiger partial charge in [-0.25, -0.2) is 4.39 Å². The second kappa shape index (κ2) is 9.32. The molecule has 2 aromatic rings. The van der Waals surface area contributed by atoms with Gasteiger partial charge in [-0.2, -0.15) is 0 Å². The maximum Gasteiger partial charge on any atom is 0.312 e. The van der Waals surface area contributed by atoms with Crippen LogP contribution in [-0.4, -0.2) is 47.4 Å². The molecule has 0 bridgehead atoms. The number of carboxylic acid groups (broad SMARTS) is 1. The van der Waals surface area contributed by atoms with E-state index in [1.165, 1.54) is 24.3 Å². The number of aliphatic carboxylic acids is 1. The van der Waals surface area contributed by atoms with E-state index in [1.54, 1.807) is 35.2 Å². The molecule has 0 saturated carbocycles. The average molecular weight is 398 g/mol. The van der Waals surface area contributed by atoms with E-state index in [1.807, 2.05) is 0 Å². The second-order valence-electron chi connectivity index (χ2n) is 7.14. The van der Waals surface area contributed by atoms with Gasteiger partial charge in [0.2, 0.25) is 5.91 Å². The molecule has 7 heteroatoms. The van der Waals surface area contributed by atoms with Crippen molar-refractivity contribution in [2.75, 3.05) is 19.6 Å². The summed E-state index contributed by atoms with van der Waals surface area (Å²) in [7, 11) is 0. The van der Waals surface area contributed by atoms with Crippen LogP contribution in [-0.2, 0) is 9.59 Å². The van der Waals surface area contributed by atoms with Gasteiger partial charge < -0.3 is 15.3 Å². The summed E-state index contributed by atoms with van der Waals surface area (Å²) >= 11 is 0. The Bertz CT molecular complexity index is 870. The summed E-state index contributed by atoms with van der Waals surface area (Å²) in [5.74, 6) is -3.16. The molecule has 0 aromatic heterocycles. The first-order valence-electron chi connectivity index (χ1n) is 9.56. The summed E-state index contributed by atoms with van der Waals surface area (Å²) in [4.78, 5) is 38.4. The number of halogens is 1. The SMILES string of the molecule is O=C(NCC(C(=O)O)c1ccccc1)C1CCCN(C(=O)c2ccc(F)cc2)C1. The normalized spacial score (nSPS) is 17.4. The highest BCUT2D eigenvalue weighted by Crippen LogP contribution is 2.20. The number of amides is 2. The van der Waals surface area contributed by atoms with Gasteiger partial charge in [-0.1, -0.05) is 30.3 Å². The third kappa shape index (κ3) is 5.19. The Hall–Kier alpha value is -3.22. The van der Waals surface area contributed by atoms with Crippen LogP contribution in [0, 0.1) is 11.7 Å². The topological polar surface area (TPSA) is 86.7 Å². The lowest BCUT2D eigenvalue weighted by molar-refractivity contribution is -0.138. The van der Waals surface area contributed by atoms with Crippen molar-refractivity contribution in [3.63, 3.8) is 0 Å². The first kappa shape index (κ1) is 20.5. The lowest BCUT2D eigenvalue weighted by Gasteiger charge is -2.32. The summed E-state index contributed by atoms with van der Waals surface area (Å²) in [5.41, 5.74) is 1.000. The van der Waals surface area contributed by atoms with Crippen LogP contribution < -0.4 is 5.32 Å². The number of carbonyl (C=O) groups is 3. The van der Waals surface area contributed by atoms with Crippen LogP contribution in [0.5, 0.6) is 0 Å². The molecule has 0 spiro atoms. The standard InChI is InChI=1S/C22H23FN2O4/c23-18-10-8-16(9-11-18)21(27)25-12-4-7-17(14-25)20(26)24-13-19(22(28)29)15-5-2-1-3-6-15/h1-3,5-6,8-11,17,19H,4,7,12-14H2,(H,24,26)(H,28,29). The highest BCUT2D eigenvalue weighted by molar-refractivity contribution is 5.94. The number of piperidine rings is 1. The smallest absolute Gasteiger partial charge is 0.312 e. The lowest BCUT2D eigenvalue weighted by atomic mass is 9.95. The van der Waals surface area contributed by atoms with Crippen molar-refractivity contribution >= 4 is 17.8 Å². The van der Waals surface area contributed by atoms with E-state index in [0.717, 1.165) is 0 Å². The molecule has 2 aromatic carbocycles. The second-order valence-corrected chi connectivity index (χ2v) is 7.14. The fourth-order valence-electron chi connectivity index (χ4n) is 3.53. The average Bonchev–Trinajstić information content (AvgIpc) is 2.74. The molecular weight excluding hydrogens is 375 g/mol. The minimum absolute atomic E-state index is 0.0133. The minimum Gasteiger partial charge on any atom is -0.481 e. The zero-order valence-corrected chi connectivity index (χ0v) is 15.9. The number of carbonyl (C=O) groups excluding carboxylic acids is 2. The maximum atomic E-state index is 13.1. The van der Waals surface area contributed by atoms with E-state index < -0.39 is 23.6 Å². The Morgan fingerprint density at radius 3 is 2.45 bits per heavy atom. The molecule has 0 radical (unpaired) electrons. The Kier molecular flexibility index (Phi) is 6.59. The van der Waals surface area contributed by atoms with Gasteiger partial charge in [0.15, 0.2) is 0 Å². The number of likely N-dealkylation sites (tertiary alicyclic amines) is 1. The largest absolute Gasteiger partial charge is 0.481 e. The van der Waals surface area contributed by atoms with E-state index in [2.05, 4.69) is 5.32 Å². The Morgan fingerprint density at radius 2 is 1.79 bits per heavy atom. The molecule has 6 nitrogen and oxygen atoms in total. The van der Waals surface area contributed by atoms with E-state index in [4.69, 9.17) is 0 Å². The Balaban J connectivity index is 1.59. The lowest BCUT2D eigenvalue weighted by Crippen LogP contribution is -2.46. The highest BCUT2D eigenvalue weighted by atomic mass is 19.1. The highest BCUT2D eigenvalue weighted by Gasteiger charge is 2.30. The Morgan fingerprint density at radius 1 is 1.10 bits per heavy atom. The first-order valence-corrected chi connectivity index (χ1v) is 9.56. The molecule has 1 fully saturated rings. The number of nitrogens with one attached hydrogen (secondary N) is 1. The molecular formula is C22H23FN2O4. The fourth-order valence-corrected chi connectivity index (χ4v) is 3.53. The molecule has 2 amide bonds. The summed E-state index contributed by atoms with van der Waals surface area (Å²) < 4.78 is 13.1. The van der Waals surface area contributed by atoms with Crippen molar-refractivity contribution in [3.8, 4) is 0 Å². The number of nitrogens with zero attached hydrogens (tertiary/aromatic N) is 1. The van der Waals surface area contributed by atoms with Gasteiger partial charge in [0.25, 0.3) is 5.91 Å². The molecule has 2 unspecified atom stereocenters. The van der Waals surface area contributed by atoms with Crippen molar-refractivity contribution in [2.45, 2.75) is 18.8 Å². The number of rotatable bonds is 6. The molecule has 0 aliphatic carbocycles. The van der Waals surface area contributed by atoms with Crippen LogP contribution in [0.25, 0.3) is 0 Å². The quantitative estimate of drug-likeness (QED) is 0.783. The van der Waals surface area contributed by atoms with Crippen LogP contribution in [0.3, 0.4) is 0 Å². The fraction of sp³-hybridized carbons (Fsp3) is 0.318. The molecule has 2 atom stereocenters. The number of carboxylic acids is 1. The van der Waals surface area contributed by atoms with Gasteiger partial charge >= 0.3 is 5.97 Å². The van der Waals surface area contributed by atoms with Crippen molar-refractivity contribution in [1.29, 1.82) is 0 Å². The molecule has 2 N–H and O–H groups in total. The molecule has 3 rings (SSSR count). The van der Waals surface area contributed by atoms with Crippen LogP contribution in [0.1, 0.15) is 34.7 Å². The van der Waals surface area contributed by atoms with Crippen molar-refractivity contribution in [3.05, 3.63) is 71.5 Å². The predicted octanol–water partition coefficient (Wildman–Crippen LogP) is 2.66. The van der Waals surface area contributed by atoms with Gasteiger partial charge in [-0.15, -0.1) is 0 Å². The summed E-state index contributed by atoms with van der Waals surface area (Å²) in [5, 5.41) is 12.2. The monoisotopic (exact) mass is 398 g/mol. The van der Waals surface area contributed by atoms with Crippen molar-refractivity contribution < 1.29 is 23.9 Å². The predicted molar refractivity (Wildman–Crippen MR) is 105 cm³/mol. The zero-order chi connectivity index (χ0) is 20.8. The van der Waals surface area contributed by atoms with Crippen molar-refractivity contribution in [2.24, 2.45) is 5.92 Å². The summed E-state index contributed by atoms with van der Waals surface area (Å²) in [6.45, 7) is 0.771. The van der Waals surface area contributed by atoms with Gasteiger partial charge in [0, 0.05) is 25.2 Å². The van der Waals surface area contributed by atoms with E-state index in [9.17, 15) is 23.9 Å². The van der Waals surface area contributed by atoms with Gasteiger partial charge in [-0.3, -0.25) is 14.4 Å². The number of benzene rings is 2. The molecule has 29 heavy (non-hydrogen) atoms. The number of hydrogen-bond donors (Lipinski definition) is 2. The molecule has 1 saturated heterocycles. The van der Waals surface area contributed by atoms with Crippen LogP contribution in [0.15, 0.2) is 54.6 Å². The molecule has 152 valence electrons. The number of hydrogen-bond acceptors (Lipinski definition) is 3. The van der Waals surface area contributed by atoms with E-state index >= 15 is 0 Å². The molecule has 1 heterocycles. The Labute approximate surface area is 168 Å². The van der Waals surface area contributed by atoms with E-state index in [0.29, 0.717) is 30.5 Å². The molecule has 1 aliphatic heterocycles. The third-order valence-corrected chi connectivity index (χ3v) is 5.15. The third-order valence-electron chi connectivity index (χ3n) is 5.15. The zero-order valence-electron chi connectivity index (χ0n) is 15.9. The van der Waals surface area contributed by atoms with Crippen LogP contribution in [0.2, 0.25) is 0 Å². The van der Waals surface area contributed by atoms with Gasteiger partial charge in [0.05, 0.1) is 11.8 Å². The molecule has 1 aliphatic rings. The van der Waals surface area contributed by atoms with Crippen LogP contribution in [0.4, 0.5) is 4.39 Å². The summed E-state index contributed by atoms with van der Waals surface area (Å²) in [6.07, 6.45) is 1.30. The maximum absolute atomic E-state index is 13.1. The van der Waals surface area contributed by atoms with Crippen LogP contribution >= 0.6 is 0 Å². The van der Waals surface area contributed by atoms with E-state index in [-0.39, 0.29) is 24.9 Å². The van der Waals surface area contributed by atoms with Gasteiger partial charge in [0.1, 0.15) is 5.82 Å². The summed E-state index contributed by atoms with van der Waals surface area (Å²) in [6, 6.07) is 14.1. The first-order chi connectivity index (χ1) is 14.0. The minimum atomic E-state index is -1.01. The van der Waals surface area contributed by atoms with Gasteiger partial charge in [-0.05, 0) is 42.7 Å².